The van der Waals surface area contributed by atoms with Gasteiger partial charge in [0.1, 0.15) is 5.75 Å². The Balaban J connectivity index is 0.000000734. The fraction of sp³-hybridized carbons (Fsp3) is 0.682. The van der Waals surface area contributed by atoms with Gasteiger partial charge in [0.15, 0.2) is 0 Å². The number of aliphatic carboxylic acids is 1. The molecule has 0 spiro atoms. The highest BCUT2D eigenvalue weighted by Crippen LogP contribution is 2.40. The molecule has 0 aliphatic heterocycles. The number of carboxylic acids is 1. The first kappa shape index (κ1) is 27.3. The van der Waals surface area contributed by atoms with Crippen molar-refractivity contribution in [2.45, 2.75) is 65.2 Å². The standard InChI is InChI=1S/C17H26O3.C5H12O4/c1-10(15(19)20)12-8-11(16(2,3)4)9-13(14(12)18)17(5,6)7;6-1-5(2-7,3-8)4-9/h8-10,18H,1-7H3,(H,19,20);6-9H,1-4H2. The monoisotopic (exact) mass is 414 g/mol. The van der Waals surface area contributed by atoms with Crippen molar-refractivity contribution in [3.05, 3.63) is 28.8 Å². The molecule has 0 saturated heterocycles. The normalized spacial score (nSPS) is 13.5. The van der Waals surface area contributed by atoms with Gasteiger partial charge in [-0.15, -0.1) is 0 Å². The predicted molar refractivity (Wildman–Crippen MR) is 112 cm³/mol. The molecule has 6 N–H and O–H groups in total. The van der Waals surface area contributed by atoms with Crippen LogP contribution in [0.25, 0.3) is 0 Å². The molecule has 0 aliphatic rings. The lowest BCUT2D eigenvalue weighted by Crippen LogP contribution is -2.37. The highest BCUT2D eigenvalue weighted by atomic mass is 16.4. The van der Waals surface area contributed by atoms with Gasteiger partial charge in [0.2, 0.25) is 0 Å². The molecule has 0 fully saturated rings. The molecule has 7 heteroatoms. The maximum Gasteiger partial charge on any atom is 0.310 e. The summed E-state index contributed by atoms with van der Waals surface area (Å²) in [5.74, 6) is -1.54. The Bertz CT molecular complexity index is 647. The summed E-state index contributed by atoms with van der Waals surface area (Å²) in [6, 6.07) is 3.82. The molecule has 0 aliphatic carbocycles. The molecule has 0 saturated carbocycles. The zero-order valence-electron chi connectivity index (χ0n) is 18.7. The van der Waals surface area contributed by atoms with Crippen molar-refractivity contribution < 1.29 is 35.4 Å². The molecule has 0 radical (unpaired) electrons. The van der Waals surface area contributed by atoms with Gasteiger partial charge in [-0.2, -0.15) is 0 Å². The number of hydrogen-bond acceptors (Lipinski definition) is 6. The molecular weight excluding hydrogens is 376 g/mol. The summed E-state index contributed by atoms with van der Waals surface area (Å²) in [5.41, 5.74) is 0.894. The lowest BCUT2D eigenvalue weighted by Gasteiger charge is -2.28. The predicted octanol–water partition coefficient (Wildman–Crippen LogP) is 2.12. The minimum absolute atomic E-state index is 0.0966. The van der Waals surface area contributed by atoms with Gasteiger partial charge < -0.3 is 30.6 Å². The summed E-state index contributed by atoms with van der Waals surface area (Å²) in [6.45, 7) is 12.3. The minimum Gasteiger partial charge on any atom is -0.507 e. The van der Waals surface area contributed by atoms with Crippen molar-refractivity contribution >= 4 is 5.97 Å². The molecule has 1 atom stereocenters. The Labute approximate surface area is 173 Å². The molecule has 0 heterocycles. The number of rotatable bonds is 6. The summed E-state index contributed by atoms with van der Waals surface area (Å²) in [4.78, 5) is 11.3. The van der Waals surface area contributed by atoms with Crippen LogP contribution in [0, 0.1) is 5.41 Å². The van der Waals surface area contributed by atoms with Crippen LogP contribution in [0.3, 0.4) is 0 Å². The average Bonchev–Trinajstić information content (AvgIpc) is 2.62. The largest absolute Gasteiger partial charge is 0.507 e. The SMILES string of the molecule is CC(C(=O)O)c1cc(C(C)(C)C)cc(C(C)(C)C)c1O.OCC(CO)(CO)CO. The average molecular weight is 415 g/mol. The molecule has 1 rings (SSSR count). The number of carbonyl (C=O) groups is 1. The van der Waals surface area contributed by atoms with Crippen LogP contribution in [0.1, 0.15) is 71.1 Å². The lowest BCUT2D eigenvalue weighted by molar-refractivity contribution is -0.138. The van der Waals surface area contributed by atoms with Crippen LogP contribution in [0.2, 0.25) is 0 Å². The van der Waals surface area contributed by atoms with E-state index in [0.717, 1.165) is 11.1 Å². The number of aliphatic hydroxyl groups excluding tert-OH is 4. The second-order valence-electron chi connectivity index (χ2n) is 9.65. The molecule has 1 unspecified atom stereocenters. The minimum atomic E-state index is -1.11. The quantitative estimate of drug-likeness (QED) is 0.419. The van der Waals surface area contributed by atoms with Crippen LogP contribution < -0.4 is 0 Å². The van der Waals surface area contributed by atoms with Crippen molar-refractivity contribution in [3.63, 3.8) is 0 Å². The van der Waals surface area contributed by atoms with E-state index < -0.39 is 43.7 Å². The van der Waals surface area contributed by atoms with Gasteiger partial charge in [0.05, 0.1) is 37.8 Å². The van der Waals surface area contributed by atoms with E-state index >= 15 is 0 Å². The van der Waals surface area contributed by atoms with Crippen molar-refractivity contribution in [2.24, 2.45) is 5.41 Å². The zero-order valence-corrected chi connectivity index (χ0v) is 18.7. The Kier molecular flexibility index (Phi) is 9.79. The van der Waals surface area contributed by atoms with Crippen LogP contribution in [0.5, 0.6) is 5.75 Å². The van der Waals surface area contributed by atoms with Crippen molar-refractivity contribution in [1.82, 2.24) is 0 Å². The summed E-state index contributed by atoms with van der Waals surface area (Å²) in [6.07, 6.45) is 0. The van der Waals surface area contributed by atoms with Crippen LogP contribution in [0.4, 0.5) is 0 Å². The van der Waals surface area contributed by atoms with Crippen molar-refractivity contribution in [1.29, 1.82) is 0 Å². The molecule has 1 aromatic carbocycles. The van der Waals surface area contributed by atoms with Crippen LogP contribution in [-0.2, 0) is 15.6 Å². The maximum atomic E-state index is 11.3. The van der Waals surface area contributed by atoms with Crippen LogP contribution in [0.15, 0.2) is 12.1 Å². The van der Waals surface area contributed by atoms with Crippen LogP contribution in [-0.4, -0.2) is 63.0 Å². The van der Waals surface area contributed by atoms with E-state index in [4.69, 9.17) is 20.4 Å². The number of phenolic OH excluding ortho intramolecular Hbond substituents is 1. The fourth-order valence-electron chi connectivity index (χ4n) is 2.42. The second kappa shape index (κ2) is 10.4. The highest BCUT2D eigenvalue weighted by molar-refractivity contribution is 5.77. The first-order valence-corrected chi connectivity index (χ1v) is 9.64. The van der Waals surface area contributed by atoms with Gasteiger partial charge in [0.25, 0.3) is 0 Å². The summed E-state index contributed by atoms with van der Waals surface area (Å²) in [5, 5.41) is 53.7. The fourth-order valence-corrected chi connectivity index (χ4v) is 2.42. The number of aliphatic hydroxyl groups is 4. The molecule has 168 valence electrons. The second-order valence-corrected chi connectivity index (χ2v) is 9.65. The highest BCUT2D eigenvalue weighted by Gasteiger charge is 2.28. The molecule has 0 aromatic heterocycles. The Morgan fingerprint density at radius 2 is 1.28 bits per heavy atom. The lowest BCUT2D eigenvalue weighted by atomic mass is 9.77. The topological polar surface area (TPSA) is 138 Å². The van der Waals surface area contributed by atoms with Gasteiger partial charge >= 0.3 is 5.97 Å². The Hall–Kier alpha value is -1.67. The third-order valence-electron chi connectivity index (χ3n) is 4.99. The van der Waals surface area contributed by atoms with Crippen LogP contribution >= 0.6 is 0 Å². The van der Waals surface area contributed by atoms with Gasteiger partial charge in [0, 0.05) is 5.56 Å². The number of phenols is 1. The number of benzene rings is 1. The third-order valence-corrected chi connectivity index (χ3v) is 4.99. The van der Waals surface area contributed by atoms with Crippen molar-refractivity contribution in [3.8, 4) is 5.75 Å². The van der Waals surface area contributed by atoms with E-state index in [2.05, 4.69) is 20.8 Å². The third kappa shape index (κ3) is 7.26. The van der Waals surface area contributed by atoms with E-state index in [-0.39, 0.29) is 16.6 Å². The van der Waals surface area contributed by atoms with E-state index in [1.54, 1.807) is 6.92 Å². The van der Waals surface area contributed by atoms with E-state index in [0.29, 0.717) is 5.56 Å². The van der Waals surface area contributed by atoms with Gasteiger partial charge in [-0.3, -0.25) is 4.79 Å². The first-order valence-electron chi connectivity index (χ1n) is 9.64. The van der Waals surface area contributed by atoms with E-state index in [1.807, 2.05) is 32.9 Å². The molecule has 0 bridgehead atoms. The van der Waals surface area contributed by atoms with Crippen molar-refractivity contribution in [2.75, 3.05) is 26.4 Å². The summed E-state index contributed by atoms with van der Waals surface area (Å²) >= 11 is 0. The summed E-state index contributed by atoms with van der Waals surface area (Å²) < 4.78 is 0. The zero-order chi connectivity index (χ0) is 23.2. The van der Waals surface area contributed by atoms with Gasteiger partial charge in [-0.25, -0.2) is 0 Å². The van der Waals surface area contributed by atoms with Gasteiger partial charge in [-0.1, -0.05) is 53.7 Å². The Morgan fingerprint density at radius 1 is 0.862 bits per heavy atom. The summed E-state index contributed by atoms with van der Waals surface area (Å²) in [7, 11) is 0. The molecule has 1 aromatic rings. The number of hydrogen-bond donors (Lipinski definition) is 6. The maximum absolute atomic E-state index is 11.3. The number of carboxylic acid groups (broad SMARTS) is 1. The molecular formula is C22H38O7. The Morgan fingerprint density at radius 3 is 1.52 bits per heavy atom. The first-order chi connectivity index (χ1) is 13.1. The number of aromatic hydroxyl groups is 1. The van der Waals surface area contributed by atoms with E-state index in [9.17, 15) is 15.0 Å². The smallest absolute Gasteiger partial charge is 0.310 e. The molecule has 0 amide bonds. The molecule has 7 nitrogen and oxygen atoms in total. The van der Waals surface area contributed by atoms with Gasteiger partial charge in [-0.05, 0) is 28.9 Å². The van der Waals surface area contributed by atoms with E-state index in [1.165, 1.54) is 0 Å². The molecule has 29 heavy (non-hydrogen) atoms.